The summed E-state index contributed by atoms with van der Waals surface area (Å²) < 4.78 is 31.9. The van der Waals surface area contributed by atoms with Gasteiger partial charge in [0.1, 0.15) is 11.4 Å². The molecule has 1 unspecified atom stereocenters. The minimum absolute atomic E-state index is 0. The molecule has 0 saturated carbocycles. The molecular formula is C24H27F2IrNO. The molecule has 0 amide bonds. The van der Waals surface area contributed by atoms with Crippen molar-refractivity contribution >= 4 is 10.8 Å². The number of hydrogen-bond acceptors (Lipinski definition) is 1. The SMILES string of the molecule is CCCC.C[C-]1C(C)c2cc(OC(F)F)ccc2-c2c3ccccc3cc[n+]21.[Ir]. The summed E-state index contributed by atoms with van der Waals surface area (Å²) in [7, 11) is 0. The summed E-state index contributed by atoms with van der Waals surface area (Å²) in [5.74, 6) is 0.331. The molecule has 0 aliphatic carbocycles. The monoisotopic (exact) mass is 576 g/mol. The molecule has 0 saturated heterocycles. The third-order valence-electron chi connectivity index (χ3n) is 5.34. The fraction of sp³-hybridized carbons (Fsp3) is 0.333. The minimum atomic E-state index is -2.81. The van der Waals surface area contributed by atoms with Crippen molar-refractivity contribution in [3.63, 3.8) is 0 Å². The maximum absolute atomic E-state index is 12.5. The predicted molar refractivity (Wildman–Crippen MR) is 110 cm³/mol. The number of unbranched alkanes of at least 4 members (excludes halogenated alkanes) is 1. The average Bonchev–Trinajstić information content (AvgIpc) is 2.71. The van der Waals surface area contributed by atoms with Crippen molar-refractivity contribution in [3.05, 3.63) is 66.3 Å². The number of alkyl halides is 2. The second-order valence-corrected chi connectivity index (χ2v) is 7.11. The molecule has 1 aliphatic rings. The summed E-state index contributed by atoms with van der Waals surface area (Å²) in [4.78, 5) is 0. The number of fused-ring (bicyclic) bond motifs is 5. The van der Waals surface area contributed by atoms with Crippen molar-refractivity contribution in [1.29, 1.82) is 0 Å². The van der Waals surface area contributed by atoms with Crippen LogP contribution in [-0.2, 0) is 20.1 Å². The first-order valence-corrected chi connectivity index (χ1v) is 9.84. The normalized spacial score (nSPS) is 14.4. The van der Waals surface area contributed by atoms with E-state index in [-0.39, 0.29) is 31.8 Å². The van der Waals surface area contributed by atoms with Crippen LogP contribution in [0.1, 0.15) is 52.0 Å². The van der Waals surface area contributed by atoms with Crippen LogP contribution in [-0.4, -0.2) is 6.61 Å². The molecule has 2 aromatic carbocycles. The number of halogens is 2. The zero-order valence-electron chi connectivity index (χ0n) is 17.2. The van der Waals surface area contributed by atoms with E-state index < -0.39 is 6.61 Å². The van der Waals surface area contributed by atoms with Gasteiger partial charge in [0.2, 0.25) is 0 Å². The molecule has 1 aromatic heterocycles. The van der Waals surface area contributed by atoms with Crippen molar-refractivity contribution in [3.8, 4) is 17.0 Å². The molecule has 1 aliphatic heterocycles. The Hall–Kier alpha value is -1.97. The van der Waals surface area contributed by atoms with Gasteiger partial charge in [-0.05, 0) is 47.0 Å². The largest absolute Gasteiger partial charge is 0.435 e. The minimum Gasteiger partial charge on any atom is -0.435 e. The Bertz CT molecular complexity index is 959. The van der Waals surface area contributed by atoms with Gasteiger partial charge in [0.05, 0.1) is 12.2 Å². The molecule has 0 bridgehead atoms. The number of hydrogen-bond donors (Lipinski definition) is 0. The number of benzene rings is 2. The summed E-state index contributed by atoms with van der Waals surface area (Å²) in [5, 5.41) is 2.31. The fourth-order valence-corrected chi connectivity index (χ4v) is 3.51. The Morgan fingerprint density at radius 1 is 1.07 bits per heavy atom. The van der Waals surface area contributed by atoms with Crippen molar-refractivity contribution in [2.24, 2.45) is 0 Å². The van der Waals surface area contributed by atoms with E-state index in [1.165, 1.54) is 12.8 Å². The van der Waals surface area contributed by atoms with E-state index in [9.17, 15) is 8.78 Å². The number of rotatable bonds is 3. The molecule has 3 aromatic rings. The van der Waals surface area contributed by atoms with Crippen molar-refractivity contribution in [2.45, 2.75) is 53.1 Å². The van der Waals surface area contributed by atoms with E-state index >= 15 is 0 Å². The molecule has 2 heterocycles. The molecule has 29 heavy (non-hydrogen) atoms. The fourth-order valence-electron chi connectivity index (χ4n) is 3.51. The molecule has 0 N–H and O–H groups in total. The molecule has 1 radical (unpaired) electrons. The molecule has 4 rings (SSSR count). The third kappa shape index (κ3) is 4.79. The van der Waals surface area contributed by atoms with Gasteiger partial charge in [-0.2, -0.15) is 8.78 Å². The Morgan fingerprint density at radius 3 is 2.41 bits per heavy atom. The predicted octanol–water partition coefficient (Wildman–Crippen LogP) is 6.72. The first-order valence-electron chi connectivity index (χ1n) is 9.84. The second kappa shape index (κ2) is 10.2. The van der Waals surface area contributed by atoms with E-state index in [2.05, 4.69) is 61.4 Å². The second-order valence-electron chi connectivity index (χ2n) is 7.11. The van der Waals surface area contributed by atoms with E-state index in [0.717, 1.165) is 33.6 Å². The van der Waals surface area contributed by atoms with E-state index in [0.29, 0.717) is 0 Å². The van der Waals surface area contributed by atoms with Crippen LogP contribution < -0.4 is 9.30 Å². The smallest absolute Gasteiger partial charge is 0.387 e. The molecule has 157 valence electrons. The summed E-state index contributed by atoms with van der Waals surface area (Å²) in [6.45, 7) is 5.72. The zero-order chi connectivity index (χ0) is 20.3. The topological polar surface area (TPSA) is 13.1 Å². The third-order valence-corrected chi connectivity index (χ3v) is 5.34. The van der Waals surface area contributed by atoms with E-state index in [1.54, 1.807) is 12.1 Å². The Labute approximate surface area is 185 Å². The van der Waals surface area contributed by atoms with Crippen molar-refractivity contribution in [2.75, 3.05) is 0 Å². The van der Waals surface area contributed by atoms with Gasteiger partial charge in [0, 0.05) is 26.0 Å². The molecule has 0 spiro atoms. The van der Waals surface area contributed by atoms with Crippen LogP contribution in [0.3, 0.4) is 0 Å². The Morgan fingerprint density at radius 2 is 1.76 bits per heavy atom. The van der Waals surface area contributed by atoms with Crippen LogP contribution in [0.4, 0.5) is 8.78 Å². The Kier molecular flexibility index (Phi) is 8.18. The molecule has 1 atom stereocenters. The Balaban J connectivity index is 0.000000552. The average molecular weight is 576 g/mol. The summed E-state index contributed by atoms with van der Waals surface area (Å²) in [6, 6.07) is 16.7. The van der Waals surface area contributed by atoms with Gasteiger partial charge < -0.3 is 9.30 Å². The number of nitrogens with zero attached hydrogens (tertiary/aromatic N) is 1. The van der Waals surface area contributed by atoms with Gasteiger partial charge in [-0.15, -0.1) is 0 Å². The van der Waals surface area contributed by atoms with Crippen LogP contribution in [0.2, 0.25) is 0 Å². The van der Waals surface area contributed by atoms with Crippen LogP contribution in [0, 0.1) is 6.04 Å². The summed E-state index contributed by atoms with van der Waals surface area (Å²) >= 11 is 0. The van der Waals surface area contributed by atoms with Crippen molar-refractivity contribution < 1.29 is 38.2 Å². The van der Waals surface area contributed by atoms with Gasteiger partial charge >= 0.3 is 6.61 Å². The molecule has 0 fully saturated rings. The van der Waals surface area contributed by atoms with Gasteiger partial charge in [-0.1, -0.05) is 63.9 Å². The summed E-state index contributed by atoms with van der Waals surface area (Å²) in [6.07, 6.45) is 4.72. The maximum Gasteiger partial charge on any atom is 0.387 e. The van der Waals surface area contributed by atoms with Crippen LogP contribution in [0.5, 0.6) is 5.75 Å². The number of pyridine rings is 1. The van der Waals surface area contributed by atoms with E-state index in [4.69, 9.17) is 0 Å². The van der Waals surface area contributed by atoms with E-state index in [1.807, 2.05) is 18.2 Å². The van der Waals surface area contributed by atoms with Gasteiger partial charge in [0.15, 0.2) is 0 Å². The van der Waals surface area contributed by atoms with Gasteiger partial charge in [-0.3, -0.25) is 0 Å². The first-order chi connectivity index (χ1) is 13.5. The van der Waals surface area contributed by atoms with Crippen LogP contribution in [0.15, 0.2) is 54.7 Å². The number of aromatic nitrogens is 1. The maximum atomic E-state index is 12.5. The van der Waals surface area contributed by atoms with Crippen LogP contribution >= 0.6 is 0 Å². The molecule has 2 nitrogen and oxygen atoms in total. The quantitative estimate of drug-likeness (QED) is 0.250. The van der Waals surface area contributed by atoms with Crippen molar-refractivity contribution in [1.82, 2.24) is 0 Å². The molecule has 5 heteroatoms. The van der Waals surface area contributed by atoms with Gasteiger partial charge in [-0.25, -0.2) is 0 Å². The van der Waals surface area contributed by atoms with Crippen LogP contribution in [0.25, 0.3) is 22.0 Å². The van der Waals surface area contributed by atoms with Gasteiger partial charge in [0.25, 0.3) is 0 Å². The number of ether oxygens (including phenoxy) is 1. The summed E-state index contributed by atoms with van der Waals surface area (Å²) in [5.41, 5.74) is 3.18. The zero-order valence-corrected chi connectivity index (χ0v) is 19.6. The first kappa shape index (κ1) is 23.3. The standard InChI is InChI=1S/C20H17F2NO.C4H10.Ir/c1-12-13(2)23-10-9-14-5-3-4-6-16(14)19(23)17-8-7-15(11-18(12)17)24-20(21)22;1-3-4-2;/h3-12,20H,1-2H3;3-4H2,1-2H3;. The molecular weight excluding hydrogens is 548 g/mol.